The highest BCUT2D eigenvalue weighted by Crippen LogP contribution is 2.31. The van der Waals surface area contributed by atoms with Crippen LogP contribution >= 0.6 is 11.6 Å². The van der Waals surface area contributed by atoms with Crippen molar-refractivity contribution in [3.05, 3.63) is 29.3 Å². The molecule has 72 valence electrons. The molecular weight excluding hydrogens is 204 g/mol. The molecule has 0 aliphatic rings. The lowest BCUT2D eigenvalue weighted by molar-refractivity contribution is 0.429. The van der Waals surface area contributed by atoms with Gasteiger partial charge in [0.25, 0.3) is 0 Å². The molecule has 2 rings (SSSR count). The van der Waals surface area contributed by atoms with E-state index in [1.165, 1.54) is 12.1 Å². The molecule has 0 atom stereocenters. The fraction of sp³-hybridized carbons (Fsp3) is 0. The molecule has 2 aromatic rings. The van der Waals surface area contributed by atoms with E-state index >= 15 is 0 Å². The Balaban J connectivity index is 2.52. The van der Waals surface area contributed by atoms with Crippen molar-refractivity contribution in [1.82, 2.24) is 5.16 Å². The summed E-state index contributed by atoms with van der Waals surface area (Å²) in [7, 11) is 0. The van der Waals surface area contributed by atoms with Gasteiger partial charge in [-0.25, -0.2) is 0 Å². The van der Waals surface area contributed by atoms with Gasteiger partial charge in [0.2, 0.25) is 0 Å². The predicted molar refractivity (Wildman–Crippen MR) is 53.0 cm³/mol. The van der Waals surface area contributed by atoms with Crippen LogP contribution in [0.3, 0.4) is 0 Å². The van der Waals surface area contributed by atoms with E-state index in [4.69, 9.17) is 21.9 Å². The number of aromatic nitrogens is 1. The number of phenols is 1. The molecule has 0 aliphatic heterocycles. The van der Waals surface area contributed by atoms with Gasteiger partial charge >= 0.3 is 0 Å². The van der Waals surface area contributed by atoms with Crippen LogP contribution in [0.4, 0.5) is 5.82 Å². The first-order chi connectivity index (χ1) is 6.66. The Kier molecular flexibility index (Phi) is 2.05. The fourth-order valence-corrected chi connectivity index (χ4v) is 1.30. The Labute approximate surface area is 84.9 Å². The molecule has 3 N–H and O–H groups in total. The Hall–Kier alpha value is -1.68. The van der Waals surface area contributed by atoms with Gasteiger partial charge in [-0.2, -0.15) is 0 Å². The normalized spacial score (nSPS) is 10.4. The number of nitrogen functional groups attached to an aromatic ring is 1. The number of nitrogens with two attached hydrogens (primary N) is 1. The number of halogens is 1. The Morgan fingerprint density at radius 2 is 2.14 bits per heavy atom. The quantitative estimate of drug-likeness (QED) is 0.758. The molecule has 0 radical (unpaired) electrons. The van der Waals surface area contributed by atoms with Crippen LogP contribution in [0.15, 0.2) is 28.8 Å². The third kappa shape index (κ3) is 1.52. The minimum atomic E-state index is 0.0358. The van der Waals surface area contributed by atoms with Gasteiger partial charge in [-0.05, 0) is 18.2 Å². The lowest BCUT2D eigenvalue weighted by Gasteiger charge is -1.99. The van der Waals surface area contributed by atoms with Crippen molar-refractivity contribution in [2.24, 2.45) is 0 Å². The van der Waals surface area contributed by atoms with Gasteiger partial charge in [0.1, 0.15) is 5.75 Å². The SMILES string of the molecule is Nc1cc(-c2ccc(Cl)cc2O)on1. The molecule has 0 unspecified atom stereocenters. The van der Waals surface area contributed by atoms with Crippen LogP contribution in [0.5, 0.6) is 5.75 Å². The van der Waals surface area contributed by atoms with Crippen LogP contribution in [-0.4, -0.2) is 10.3 Å². The maximum absolute atomic E-state index is 9.54. The molecule has 0 spiro atoms. The molecule has 0 saturated heterocycles. The summed E-state index contributed by atoms with van der Waals surface area (Å²) in [4.78, 5) is 0. The van der Waals surface area contributed by atoms with E-state index < -0.39 is 0 Å². The third-order valence-corrected chi connectivity index (χ3v) is 1.99. The Morgan fingerprint density at radius 1 is 1.36 bits per heavy atom. The Morgan fingerprint density at radius 3 is 2.71 bits per heavy atom. The van der Waals surface area contributed by atoms with Crippen LogP contribution in [0, 0.1) is 0 Å². The zero-order chi connectivity index (χ0) is 10.1. The summed E-state index contributed by atoms with van der Waals surface area (Å²) in [6.45, 7) is 0. The van der Waals surface area contributed by atoms with Crippen LogP contribution in [0.1, 0.15) is 0 Å². The van der Waals surface area contributed by atoms with E-state index in [2.05, 4.69) is 5.16 Å². The predicted octanol–water partition coefficient (Wildman–Crippen LogP) is 2.28. The van der Waals surface area contributed by atoms with Gasteiger partial charge in [-0.15, -0.1) is 0 Å². The van der Waals surface area contributed by atoms with E-state index in [0.717, 1.165) is 0 Å². The van der Waals surface area contributed by atoms with Crippen molar-refractivity contribution in [2.75, 3.05) is 5.73 Å². The molecule has 0 amide bonds. The second kappa shape index (κ2) is 3.23. The molecule has 0 bridgehead atoms. The zero-order valence-electron chi connectivity index (χ0n) is 7.07. The number of hydrogen-bond donors (Lipinski definition) is 2. The fourth-order valence-electron chi connectivity index (χ4n) is 1.13. The van der Waals surface area contributed by atoms with Gasteiger partial charge in [0.15, 0.2) is 11.6 Å². The number of hydrogen-bond acceptors (Lipinski definition) is 4. The van der Waals surface area contributed by atoms with Crippen LogP contribution in [0.2, 0.25) is 5.02 Å². The van der Waals surface area contributed by atoms with E-state index in [1.54, 1.807) is 12.1 Å². The molecule has 1 aromatic carbocycles. The number of aromatic hydroxyl groups is 1. The molecule has 0 saturated carbocycles. The summed E-state index contributed by atoms with van der Waals surface area (Å²) in [6.07, 6.45) is 0. The molecule has 5 heteroatoms. The van der Waals surface area contributed by atoms with Crippen molar-refractivity contribution in [3.63, 3.8) is 0 Å². The van der Waals surface area contributed by atoms with E-state index in [-0.39, 0.29) is 11.6 Å². The average molecular weight is 211 g/mol. The highest BCUT2D eigenvalue weighted by Gasteiger charge is 2.09. The third-order valence-electron chi connectivity index (χ3n) is 1.75. The van der Waals surface area contributed by atoms with Crippen molar-refractivity contribution < 1.29 is 9.63 Å². The maximum atomic E-state index is 9.54. The van der Waals surface area contributed by atoms with Gasteiger partial charge in [-0.3, -0.25) is 0 Å². The van der Waals surface area contributed by atoms with Crippen LogP contribution in [0.25, 0.3) is 11.3 Å². The van der Waals surface area contributed by atoms with Crippen LogP contribution < -0.4 is 5.73 Å². The summed E-state index contributed by atoms with van der Waals surface area (Å²) >= 11 is 5.68. The summed E-state index contributed by atoms with van der Waals surface area (Å²) in [5.74, 6) is 0.722. The van der Waals surface area contributed by atoms with E-state index in [1.807, 2.05) is 0 Å². The molecule has 14 heavy (non-hydrogen) atoms. The number of rotatable bonds is 1. The topological polar surface area (TPSA) is 72.3 Å². The van der Waals surface area contributed by atoms with Crippen molar-refractivity contribution in [3.8, 4) is 17.1 Å². The lowest BCUT2D eigenvalue weighted by Crippen LogP contribution is -1.80. The monoisotopic (exact) mass is 210 g/mol. The highest BCUT2D eigenvalue weighted by atomic mass is 35.5. The average Bonchev–Trinajstić information content (AvgIpc) is 2.51. The molecular formula is C9H7ClN2O2. The highest BCUT2D eigenvalue weighted by molar-refractivity contribution is 6.30. The first-order valence-electron chi connectivity index (χ1n) is 3.88. The lowest BCUT2D eigenvalue weighted by atomic mass is 10.1. The first kappa shape index (κ1) is 8.90. The summed E-state index contributed by atoms with van der Waals surface area (Å²) in [6, 6.07) is 6.24. The van der Waals surface area contributed by atoms with Crippen molar-refractivity contribution >= 4 is 17.4 Å². The second-order valence-electron chi connectivity index (χ2n) is 2.78. The number of phenolic OH excluding ortho intramolecular Hbond substituents is 1. The molecule has 4 nitrogen and oxygen atoms in total. The minimum absolute atomic E-state index is 0.0358. The van der Waals surface area contributed by atoms with Gasteiger partial charge in [0.05, 0.1) is 5.56 Å². The van der Waals surface area contributed by atoms with Crippen molar-refractivity contribution in [1.29, 1.82) is 0 Å². The van der Waals surface area contributed by atoms with Gasteiger partial charge in [-0.1, -0.05) is 16.8 Å². The Bertz CT molecular complexity index is 468. The van der Waals surface area contributed by atoms with E-state index in [9.17, 15) is 5.11 Å². The second-order valence-corrected chi connectivity index (χ2v) is 3.21. The number of nitrogens with zero attached hydrogens (tertiary/aromatic N) is 1. The van der Waals surface area contributed by atoms with Crippen LogP contribution in [-0.2, 0) is 0 Å². The number of benzene rings is 1. The summed E-state index contributed by atoms with van der Waals surface area (Å²) in [5, 5.41) is 13.5. The summed E-state index contributed by atoms with van der Waals surface area (Å²) in [5.41, 5.74) is 5.90. The van der Waals surface area contributed by atoms with Crippen molar-refractivity contribution in [2.45, 2.75) is 0 Å². The molecule has 1 heterocycles. The minimum Gasteiger partial charge on any atom is -0.507 e. The maximum Gasteiger partial charge on any atom is 0.172 e. The summed E-state index contributed by atoms with van der Waals surface area (Å²) < 4.78 is 4.89. The molecule has 0 fully saturated rings. The smallest absolute Gasteiger partial charge is 0.172 e. The first-order valence-corrected chi connectivity index (χ1v) is 4.25. The number of anilines is 1. The standard InChI is InChI=1S/C9H7ClN2O2/c10-5-1-2-6(7(13)3-5)8-4-9(11)12-14-8/h1-4,13H,(H2,11,12). The zero-order valence-corrected chi connectivity index (χ0v) is 7.82. The van der Waals surface area contributed by atoms with Gasteiger partial charge < -0.3 is 15.4 Å². The molecule has 1 aromatic heterocycles. The van der Waals surface area contributed by atoms with Gasteiger partial charge in [0, 0.05) is 11.1 Å². The largest absolute Gasteiger partial charge is 0.507 e. The van der Waals surface area contributed by atoms with E-state index in [0.29, 0.717) is 16.3 Å². The molecule has 0 aliphatic carbocycles.